The molecule has 0 saturated carbocycles. The number of Topliss-reactive ketones (excluding diaryl/α,β-unsaturated/α-hetero) is 1. The van der Waals surface area contributed by atoms with Gasteiger partial charge < -0.3 is 15.8 Å². The molecule has 19 heavy (non-hydrogen) atoms. The standard InChI is InChI=1S/C14H20N2O3/c1-4-7-16-14(18)10(3)19-13-6-5-11(15)8-12(13)9(2)17/h5-6,8,10H,4,7,15H2,1-3H3,(H,16,18). The maximum atomic E-state index is 11.7. The Balaban J connectivity index is 2.81. The fourth-order valence-electron chi connectivity index (χ4n) is 1.56. The highest BCUT2D eigenvalue weighted by molar-refractivity contribution is 5.97. The Morgan fingerprint density at radius 2 is 2.11 bits per heavy atom. The minimum Gasteiger partial charge on any atom is -0.480 e. The van der Waals surface area contributed by atoms with Crippen molar-refractivity contribution < 1.29 is 14.3 Å². The van der Waals surface area contributed by atoms with Crippen LogP contribution in [0.2, 0.25) is 0 Å². The van der Waals surface area contributed by atoms with Crippen molar-refractivity contribution in [2.24, 2.45) is 0 Å². The number of nitrogens with two attached hydrogens (primary N) is 1. The molecule has 5 nitrogen and oxygen atoms in total. The fourth-order valence-corrected chi connectivity index (χ4v) is 1.56. The monoisotopic (exact) mass is 264 g/mol. The van der Waals surface area contributed by atoms with Crippen LogP contribution >= 0.6 is 0 Å². The quantitative estimate of drug-likeness (QED) is 0.606. The topological polar surface area (TPSA) is 81.4 Å². The Hall–Kier alpha value is -2.04. The van der Waals surface area contributed by atoms with Crippen molar-refractivity contribution in [2.75, 3.05) is 12.3 Å². The largest absolute Gasteiger partial charge is 0.480 e. The summed E-state index contributed by atoms with van der Waals surface area (Å²) in [4.78, 5) is 23.2. The first-order valence-corrected chi connectivity index (χ1v) is 6.30. The van der Waals surface area contributed by atoms with Crippen molar-refractivity contribution >= 4 is 17.4 Å². The van der Waals surface area contributed by atoms with Crippen molar-refractivity contribution in [1.29, 1.82) is 0 Å². The van der Waals surface area contributed by atoms with E-state index in [1.54, 1.807) is 25.1 Å². The SMILES string of the molecule is CCCNC(=O)C(C)Oc1ccc(N)cc1C(C)=O. The second-order valence-corrected chi connectivity index (χ2v) is 4.36. The second kappa shape index (κ2) is 6.78. The lowest BCUT2D eigenvalue weighted by Crippen LogP contribution is -2.36. The summed E-state index contributed by atoms with van der Waals surface area (Å²) >= 11 is 0. The number of hydrogen-bond donors (Lipinski definition) is 2. The minimum atomic E-state index is -0.659. The van der Waals surface area contributed by atoms with Crippen LogP contribution in [-0.4, -0.2) is 24.3 Å². The van der Waals surface area contributed by atoms with Crippen LogP contribution in [0.5, 0.6) is 5.75 Å². The molecule has 1 aromatic carbocycles. The highest BCUT2D eigenvalue weighted by Crippen LogP contribution is 2.23. The van der Waals surface area contributed by atoms with Crippen molar-refractivity contribution in [1.82, 2.24) is 5.32 Å². The Morgan fingerprint density at radius 1 is 1.42 bits per heavy atom. The molecule has 0 radical (unpaired) electrons. The van der Waals surface area contributed by atoms with Crippen LogP contribution in [0.25, 0.3) is 0 Å². The van der Waals surface area contributed by atoms with E-state index in [9.17, 15) is 9.59 Å². The Bertz CT molecular complexity index is 472. The zero-order valence-corrected chi connectivity index (χ0v) is 11.5. The maximum absolute atomic E-state index is 11.7. The predicted molar refractivity (Wildman–Crippen MR) is 74.2 cm³/mol. The number of ether oxygens (including phenoxy) is 1. The molecule has 3 N–H and O–H groups in total. The molecule has 1 aromatic rings. The highest BCUT2D eigenvalue weighted by atomic mass is 16.5. The zero-order valence-electron chi connectivity index (χ0n) is 11.5. The molecular formula is C14H20N2O3. The van der Waals surface area contributed by atoms with Crippen LogP contribution < -0.4 is 15.8 Å². The summed E-state index contributed by atoms with van der Waals surface area (Å²) in [5.74, 6) is 0.0255. The number of hydrogen-bond acceptors (Lipinski definition) is 4. The number of carbonyl (C=O) groups excluding carboxylic acids is 2. The van der Waals surface area contributed by atoms with Crippen molar-refractivity contribution in [3.63, 3.8) is 0 Å². The van der Waals surface area contributed by atoms with Gasteiger partial charge in [-0.25, -0.2) is 0 Å². The Morgan fingerprint density at radius 3 is 2.68 bits per heavy atom. The van der Waals surface area contributed by atoms with E-state index in [-0.39, 0.29) is 11.7 Å². The summed E-state index contributed by atoms with van der Waals surface area (Å²) in [5, 5.41) is 2.74. The van der Waals surface area contributed by atoms with Crippen LogP contribution in [0.15, 0.2) is 18.2 Å². The van der Waals surface area contributed by atoms with E-state index in [0.717, 1.165) is 6.42 Å². The molecule has 0 fully saturated rings. The molecule has 0 aromatic heterocycles. The van der Waals surface area contributed by atoms with Crippen molar-refractivity contribution in [3.8, 4) is 5.75 Å². The van der Waals surface area contributed by atoms with E-state index in [0.29, 0.717) is 23.5 Å². The lowest BCUT2D eigenvalue weighted by atomic mass is 10.1. The van der Waals surface area contributed by atoms with Gasteiger partial charge in [-0.1, -0.05) is 6.92 Å². The van der Waals surface area contributed by atoms with E-state index >= 15 is 0 Å². The second-order valence-electron chi connectivity index (χ2n) is 4.36. The average molecular weight is 264 g/mol. The molecule has 1 amide bonds. The van der Waals surface area contributed by atoms with Crippen LogP contribution in [0, 0.1) is 0 Å². The zero-order chi connectivity index (χ0) is 14.4. The summed E-state index contributed by atoms with van der Waals surface area (Å²) in [6, 6.07) is 4.79. The Labute approximate surface area is 113 Å². The first-order valence-electron chi connectivity index (χ1n) is 6.30. The van der Waals surface area contributed by atoms with E-state index in [2.05, 4.69) is 5.32 Å². The van der Waals surface area contributed by atoms with Gasteiger partial charge in [-0.2, -0.15) is 0 Å². The van der Waals surface area contributed by atoms with Gasteiger partial charge in [-0.15, -0.1) is 0 Å². The lowest BCUT2D eigenvalue weighted by molar-refractivity contribution is -0.127. The van der Waals surface area contributed by atoms with Crippen molar-refractivity contribution in [3.05, 3.63) is 23.8 Å². The molecule has 1 unspecified atom stereocenters. The normalized spacial score (nSPS) is 11.7. The number of ketones is 1. The summed E-state index contributed by atoms with van der Waals surface area (Å²) in [5.41, 5.74) is 6.51. The molecule has 0 aliphatic rings. The van der Waals surface area contributed by atoms with E-state index in [1.807, 2.05) is 6.92 Å². The summed E-state index contributed by atoms with van der Waals surface area (Å²) in [6.45, 7) is 5.65. The third-order valence-corrected chi connectivity index (χ3v) is 2.61. The number of nitrogen functional groups attached to an aromatic ring is 1. The van der Waals surface area contributed by atoms with Gasteiger partial charge in [-0.3, -0.25) is 9.59 Å². The van der Waals surface area contributed by atoms with Gasteiger partial charge >= 0.3 is 0 Å². The van der Waals surface area contributed by atoms with Gasteiger partial charge in [0.2, 0.25) is 0 Å². The first kappa shape index (κ1) is 15.0. The number of anilines is 1. The molecule has 0 bridgehead atoms. The van der Waals surface area contributed by atoms with Gasteiger partial charge in [-0.05, 0) is 38.5 Å². The van der Waals surface area contributed by atoms with Crippen LogP contribution in [0.1, 0.15) is 37.6 Å². The molecule has 1 rings (SSSR count). The molecule has 0 heterocycles. The van der Waals surface area contributed by atoms with E-state index < -0.39 is 6.10 Å². The molecule has 0 aliphatic heterocycles. The molecule has 0 aliphatic carbocycles. The smallest absolute Gasteiger partial charge is 0.260 e. The van der Waals surface area contributed by atoms with Crippen LogP contribution in [0.4, 0.5) is 5.69 Å². The summed E-state index contributed by atoms with van der Waals surface area (Å²) < 4.78 is 5.53. The molecule has 5 heteroatoms. The average Bonchev–Trinajstić information content (AvgIpc) is 2.37. The van der Waals surface area contributed by atoms with Crippen LogP contribution in [0.3, 0.4) is 0 Å². The van der Waals surface area contributed by atoms with E-state index in [1.165, 1.54) is 6.92 Å². The number of amides is 1. The lowest BCUT2D eigenvalue weighted by Gasteiger charge is -2.16. The van der Waals surface area contributed by atoms with Gasteiger partial charge in [0.05, 0.1) is 5.56 Å². The molecule has 104 valence electrons. The highest BCUT2D eigenvalue weighted by Gasteiger charge is 2.17. The molecule has 0 saturated heterocycles. The van der Waals surface area contributed by atoms with Gasteiger partial charge in [0.25, 0.3) is 5.91 Å². The fraction of sp³-hybridized carbons (Fsp3) is 0.429. The summed E-state index contributed by atoms with van der Waals surface area (Å²) in [7, 11) is 0. The summed E-state index contributed by atoms with van der Waals surface area (Å²) in [6.07, 6.45) is 0.201. The number of carbonyl (C=O) groups is 2. The number of rotatable bonds is 6. The van der Waals surface area contributed by atoms with E-state index in [4.69, 9.17) is 10.5 Å². The molecular weight excluding hydrogens is 244 g/mol. The van der Waals surface area contributed by atoms with Gasteiger partial charge in [0.1, 0.15) is 5.75 Å². The molecule has 0 spiro atoms. The Kier molecular flexibility index (Phi) is 5.36. The third-order valence-electron chi connectivity index (χ3n) is 2.61. The van der Waals surface area contributed by atoms with Gasteiger partial charge in [0.15, 0.2) is 11.9 Å². The molecule has 1 atom stereocenters. The van der Waals surface area contributed by atoms with Crippen LogP contribution in [-0.2, 0) is 4.79 Å². The number of benzene rings is 1. The maximum Gasteiger partial charge on any atom is 0.260 e. The first-order chi connectivity index (χ1) is 8.95. The number of nitrogens with one attached hydrogen (secondary N) is 1. The van der Waals surface area contributed by atoms with Crippen molar-refractivity contribution in [2.45, 2.75) is 33.3 Å². The minimum absolute atomic E-state index is 0.150. The van der Waals surface area contributed by atoms with Gasteiger partial charge in [0, 0.05) is 12.2 Å². The predicted octanol–water partition coefficient (Wildman–Crippen LogP) is 1.76. The third kappa shape index (κ3) is 4.28.